The maximum absolute atomic E-state index is 13.9. The Labute approximate surface area is 112 Å². The fourth-order valence-electron chi connectivity index (χ4n) is 1.64. The summed E-state index contributed by atoms with van der Waals surface area (Å²) in [5.41, 5.74) is 0.926. The molecule has 0 aliphatic rings. The van der Waals surface area contributed by atoms with Crippen molar-refractivity contribution in [1.82, 2.24) is 4.98 Å². The zero-order valence-corrected chi connectivity index (χ0v) is 11.3. The largest absolute Gasteiger partial charge is 0.385 e. The lowest BCUT2D eigenvalue weighted by molar-refractivity contribution is 0.584. The third-order valence-corrected chi connectivity index (χ3v) is 3.05. The topological polar surface area (TPSA) is 24.9 Å². The van der Waals surface area contributed by atoms with E-state index < -0.39 is 11.6 Å². The summed E-state index contributed by atoms with van der Waals surface area (Å²) in [5.74, 6) is -1.27. The fraction of sp³-hybridized carbons (Fsp3) is 0.154. The molecule has 2 nitrogen and oxygen atoms in total. The lowest BCUT2D eigenvalue weighted by Crippen LogP contribution is -1.99. The summed E-state index contributed by atoms with van der Waals surface area (Å²) in [5, 5.41) is 3.07. The first kappa shape index (κ1) is 13.0. The van der Waals surface area contributed by atoms with Crippen LogP contribution in [0.2, 0.25) is 0 Å². The van der Waals surface area contributed by atoms with Crippen LogP contribution in [0.1, 0.15) is 6.92 Å². The van der Waals surface area contributed by atoms with E-state index in [0.717, 1.165) is 12.2 Å². The van der Waals surface area contributed by atoms with E-state index in [1.807, 2.05) is 6.92 Å². The van der Waals surface area contributed by atoms with Crippen LogP contribution in [0.15, 0.2) is 34.9 Å². The van der Waals surface area contributed by atoms with Gasteiger partial charge in [0.1, 0.15) is 11.6 Å². The zero-order valence-electron chi connectivity index (χ0n) is 9.67. The highest BCUT2D eigenvalue weighted by Crippen LogP contribution is 2.30. The van der Waals surface area contributed by atoms with Gasteiger partial charge in [-0.05, 0) is 47.1 Å². The van der Waals surface area contributed by atoms with Crippen molar-refractivity contribution in [1.29, 1.82) is 0 Å². The number of hydrogen-bond acceptors (Lipinski definition) is 2. The molecule has 2 aromatic rings. The minimum atomic E-state index is -0.642. The van der Waals surface area contributed by atoms with Crippen molar-refractivity contribution in [3.63, 3.8) is 0 Å². The lowest BCUT2D eigenvalue weighted by atomic mass is 10.1. The quantitative estimate of drug-likeness (QED) is 0.858. The SMILES string of the molecule is CCNc1ccnc(-c2c(F)ccc(Br)c2F)c1. The molecule has 1 heterocycles. The van der Waals surface area contributed by atoms with Crippen LogP contribution in [0.5, 0.6) is 0 Å². The van der Waals surface area contributed by atoms with Crippen molar-refractivity contribution in [3.05, 3.63) is 46.6 Å². The standard InChI is InChI=1S/C13H11BrF2N2/c1-2-17-8-5-6-18-11(7-8)12-10(15)4-3-9(14)13(12)16/h3-7H,2H2,1H3,(H,17,18). The van der Waals surface area contributed by atoms with Gasteiger partial charge in [-0.25, -0.2) is 8.78 Å². The van der Waals surface area contributed by atoms with Crippen LogP contribution in [-0.2, 0) is 0 Å². The third kappa shape index (κ3) is 2.51. The molecule has 1 aromatic heterocycles. The molecule has 0 unspecified atom stereocenters. The second kappa shape index (κ2) is 5.44. The fourth-order valence-corrected chi connectivity index (χ4v) is 1.97. The van der Waals surface area contributed by atoms with Crippen LogP contribution >= 0.6 is 15.9 Å². The number of aromatic nitrogens is 1. The monoisotopic (exact) mass is 312 g/mol. The van der Waals surface area contributed by atoms with Crippen LogP contribution in [0, 0.1) is 11.6 Å². The van der Waals surface area contributed by atoms with Gasteiger partial charge in [0.15, 0.2) is 0 Å². The molecule has 18 heavy (non-hydrogen) atoms. The summed E-state index contributed by atoms with van der Waals surface area (Å²) in [6.07, 6.45) is 1.52. The maximum Gasteiger partial charge on any atom is 0.149 e. The molecule has 94 valence electrons. The Balaban J connectivity index is 2.55. The molecule has 0 fully saturated rings. The number of nitrogens with one attached hydrogen (secondary N) is 1. The van der Waals surface area contributed by atoms with Crippen LogP contribution in [-0.4, -0.2) is 11.5 Å². The van der Waals surface area contributed by atoms with Gasteiger partial charge in [-0.1, -0.05) is 0 Å². The predicted octanol–water partition coefficient (Wildman–Crippen LogP) is 4.22. The molecule has 0 aliphatic heterocycles. The number of benzene rings is 1. The van der Waals surface area contributed by atoms with E-state index in [1.54, 1.807) is 12.1 Å². The van der Waals surface area contributed by atoms with Gasteiger partial charge in [0.2, 0.25) is 0 Å². The van der Waals surface area contributed by atoms with Gasteiger partial charge >= 0.3 is 0 Å². The molecule has 5 heteroatoms. The molecule has 0 saturated carbocycles. The zero-order chi connectivity index (χ0) is 13.1. The molecule has 1 aromatic carbocycles. The van der Waals surface area contributed by atoms with Crippen LogP contribution in [0.3, 0.4) is 0 Å². The summed E-state index contributed by atoms with van der Waals surface area (Å²) in [6.45, 7) is 2.67. The Morgan fingerprint density at radius 3 is 2.78 bits per heavy atom. The van der Waals surface area contributed by atoms with Gasteiger partial charge in [-0.2, -0.15) is 0 Å². The summed E-state index contributed by atoms with van der Waals surface area (Å²) in [7, 11) is 0. The minimum absolute atomic E-state index is 0.121. The molecule has 0 atom stereocenters. The number of hydrogen-bond donors (Lipinski definition) is 1. The maximum atomic E-state index is 13.9. The molecule has 0 aliphatic carbocycles. The van der Waals surface area contributed by atoms with E-state index >= 15 is 0 Å². The minimum Gasteiger partial charge on any atom is -0.385 e. The predicted molar refractivity (Wildman–Crippen MR) is 71.5 cm³/mol. The lowest BCUT2D eigenvalue weighted by Gasteiger charge is -2.08. The van der Waals surface area contributed by atoms with Gasteiger partial charge in [-0.15, -0.1) is 0 Å². The molecule has 0 amide bonds. The van der Waals surface area contributed by atoms with Crippen molar-refractivity contribution in [2.45, 2.75) is 6.92 Å². The molecule has 1 N–H and O–H groups in total. The average molecular weight is 313 g/mol. The van der Waals surface area contributed by atoms with E-state index in [9.17, 15) is 8.78 Å². The smallest absolute Gasteiger partial charge is 0.149 e. The number of halogens is 3. The van der Waals surface area contributed by atoms with E-state index in [0.29, 0.717) is 0 Å². The number of anilines is 1. The van der Waals surface area contributed by atoms with Gasteiger partial charge in [0, 0.05) is 18.4 Å². The first-order chi connectivity index (χ1) is 8.63. The third-order valence-electron chi connectivity index (χ3n) is 2.44. The van der Waals surface area contributed by atoms with Crippen molar-refractivity contribution >= 4 is 21.6 Å². The number of pyridine rings is 1. The molecule has 0 radical (unpaired) electrons. The second-order valence-electron chi connectivity index (χ2n) is 3.68. The summed E-state index contributed by atoms with van der Waals surface area (Å²) >= 11 is 3.04. The van der Waals surface area contributed by atoms with Crippen molar-refractivity contribution in [2.24, 2.45) is 0 Å². The summed E-state index contributed by atoms with van der Waals surface area (Å²) < 4.78 is 27.8. The number of rotatable bonds is 3. The normalized spacial score (nSPS) is 10.4. The van der Waals surface area contributed by atoms with Crippen LogP contribution in [0.25, 0.3) is 11.3 Å². The molecule has 0 saturated heterocycles. The van der Waals surface area contributed by atoms with Crippen molar-refractivity contribution in [3.8, 4) is 11.3 Å². The number of nitrogens with zero attached hydrogens (tertiary/aromatic N) is 1. The Morgan fingerprint density at radius 1 is 1.28 bits per heavy atom. The summed E-state index contributed by atoms with van der Waals surface area (Å²) in [6, 6.07) is 5.92. The highest BCUT2D eigenvalue weighted by molar-refractivity contribution is 9.10. The molecular weight excluding hydrogens is 302 g/mol. The first-order valence-corrected chi connectivity index (χ1v) is 6.26. The molecule has 2 rings (SSSR count). The highest BCUT2D eigenvalue weighted by Gasteiger charge is 2.15. The molecule has 0 bridgehead atoms. The van der Waals surface area contributed by atoms with Crippen LogP contribution in [0.4, 0.5) is 14.5 Å². The van der Waals surface area contributed by atoms with Crippen molar-refractivity contribution in [2.75, 3.05) is 11.9 Å². The molecular formula is C13H11BrF2N2. The van der Waals surface area contributed by atoms with E-state index in [-0.39, 0.29) is 15.7 Å². The second-order valence-corrected chi connectivity index (χ2v) is 4.53. The Bertz CT molecular complexity index is 573. The Kier molecular flexibility index (Phi) is 3.91. The van der Waals surface area contributed by atoms with E-state index in [2.05, 4.69) is 26.2 Å². The van der Waals surface area contributed by atoms with E-state index in [1.165, 1.54) is 18.3 Å². The van der Waals surface area contributed by atoms with Crippen LogP contribution < -0.4 is 5.32 Å². The average Bonchev–Trinajstić information content (AvgIpc) is 2.35. The van der Waals surface area contributed by atoms with Gasteiger partial charge in [0.25, 0.3) is 0 Å². The summed E-state index contributed by atoms with van der Waals surface area (Å²) in [4.78, 5) is 4.01. The first-order valence-electron chi connectivity index (χ1n) is 5.47. The van der Waals surface area contributed by atoms with E-state index in [4.69, 9.17) is 0 Å². The Morgan fingerprint density at radius 2 is 2.06 bits per heavy atom. The molecule has 0 spiro atoms. The van der Waals surface area contributed by atoms with Gasteiger partial charge in [0.05, 0.1) is 15.7 Å². The van der Waals surface area contributed by atoms with Gasteiger partial charge in [-0.3, -0.25) is 4.98 Å². The highest BCUT2D eigenvalue weighted by atomic mass is 79.9. The van der Waals surface area contributed by atoms with Crippen molar-refractivity contribution < 1.29 is 8.78 Å². The Hall–Kier alpha value is -1.49. The van der Waals surface area contributed by atoms with Gasteiger partial charge < -0.3 is 5.32 Å².